The second-order valence-corrected chi connectivity index (χ2v) is 4.92. The number of halogens is 2. The molecular formula is C12H14F2N2O2. The van der Waals surface area contributed by atoms with E-state index in [0.29, 0.717) is 11.1 Å². The second-order valence-electron chi connectivity index (χ2n) is 4.92. The molecule has 0 amide bonds. The van der Waals surface area contributed by atoms with Crippen LogP contribution in [-0.2, 0) is 5.41 Å². The minimum absolute atomic E-state index is 0.00567. The summed E-state index contributed by atoms with van der Waals surface area (Å²) in [4.78, 5) is 10.5. The number of benzene rings is 1. The molecule has 1 aromatic rings. The number of hydrogen-bond donors (Lipinski definition) is 1. The van der Waals surface area contributed by atoms with E-state index in [4.69, 9.17) is 5.73 Å². The molecule has 1 aromatic carbocycles. The van der Waals surface area contributed by atoms with Crippen LogP contribution in [0.5, 0.6) is 0 Å². The van der Waals surface area contributed by atoms with Crippen LogP contribution in [0.4, 0.5) is 14.5 Å². The molecule has 1 saturated carbocycles. The van der Waals surface area contributed by atoms with Gasteiger partial charge in [-0.3, -0.25) is 10.1 Å². The van der Waals surface area contributed by atoms with E-state index in [2.05, 4.69) is 0 Å². The summed E-state index contributed by atoms with van der Waals surface area (Å²) in [6.45, 7) is 1.69. The van der Waals surface area contributed by atoms with E-state index >= 15 is 0 Å². The zero-order valence-corrected chi connectivity index (χ0v) is 9.95. The Morgan fingerprint density at radius 2 is 2.06 bits per heavy atom. The number of nitrogens with two attached hydrogens (primary N) is 1. The van der Waals surface area contributed by atoms with Crippen LogP contribution in [0.1, 0.15) is 24.0 Å². The Morgan fingerprint density at radius 3 is 2.50 bits per heavy atom. The number of nitrogens with zero attached hydrogens (tertiary/aromatic N) is 1. The maximum Gasteiger partial charge on any atom is 0.273 e. The van der Waals surface area contributed by atoms with Crippen LogP contribution in [0, 0.1) is 17.0 Å². The van der Waals surface area contributed by atoms with E-state index in [-0.39, 0.29) is 12.2 Å². The van der Waals surface area contributed by atoms with E-state index < -0.39 is 29.1 Å². The molecule has 2 rings (SSSR count). The molecular weight excluding hydrogens is 242 g/mol. The number of nitro groups is 1. The average Bonchev–Trinajstić information content (AvgIpc) is 2.24. The van der Waals surface area contributed by atoms with Crippen LogP contribution in [-0.4, -0.2) is 17.4 Å². The van der Waals surface area contributed by atoms with Crippen molar-refractivity contribution >= 4 is 5.69 Å². The molecule has 0 aliphatic heterocycles. The summed E-state index contributed by atoms with van der Waals surface area (Å²) in [6.07, 6.45) is -0.829. The summed E-state index contributed by atoms with van der Waals surface area (Å²) >= 11 is 0. The van der Waals surface area contributed by atoms with E-state index in [1.54, 1.807) is 19.1 Å². The van der Waals surface area contributed by atoms with Crippen LogP contribution >= 0.6 is 0 Å². The molecule has 4 nitrogen and oxygen atoms in total. The lowest BCUT2D eigenvalue weighted by molar-refractivity contribution is -0.386. The highest BCUT2D eigenvalue weighted by Crippen LogP contribution is 2.55. The molecule has 1 aliphatic rings. The quantitative estimate of drug-likeness (QED) is 0.667. The summed E-state index contributed by atoms with van der Waals surface area (Å²) in [7, 11) is 0. The molecule has 0 atom stereocenters. The highest BCUT2D eigenvalue weighted by atomic mass is 19.3. The van der Waals surface area contributed by atoms with Gasteiger partial charge in [0.05, 0.1) is 4.92 Å². The van der Waals surface area contributed by atoms with Gasteiger partial charge in [0.1, 0.15) is 0 Å². The molecule has 2 N–H and O–H groups in total. The summed E-state index contributed by atoms with van der Waals surface area (Å²) < 4.78 is 26.3. The predicted octanol–water partition coefficient (Wildman–Crippen LogP) is 2.53. The van der Waals surface area contributed by atoms with Crippen molar-refractivity contribution in [3.8, 4) is 0 Å². The molecule has 6 heteroatoms. The Hall–Kier alpha value is -1.56. The number of hydrogen-bond acceptors (Lipinski definition) is 3. The molecule has 1 aliphatic carbocycles. The van der Waals surface area contributed by atoms with Crippen LogP contribution in [0.15, 0.2) is 18.2 Å². The molecule has 0 bridgehead atoms. The third-order valence-corrected chi connectivity index (χ3v) is 3.56. The number of aryl methyl sites for hydroxylation is 1. The van der Waals surface area contributed by atoms with Crippen molar-refractivity contribution < 1.29 is 13.7 Å². The average molecular weight is 256 g/mol. The fraction of sp³-hybridized carbons (Fsp3) is 0.500. The first-order valence-electron chi connectivity index (χ1n) is 5.64. The molecule has 1 fully saturated rings. The van der Waals surface area contributed by atoms with Gasteiger partial charge in [-0.25, -0.2) is 8.78 Å². The fourth-order valence-corrected chi connectivity index (χ4v) is 2.86. The molecule has 0 saturated heterocycles. The number of alkyl halides is 2. The van der Waals surface area contributed by atoms with Gasteiger partial charge in [0.25, 0.3) is 5.69 Å². The van der Waals surface area contributed by atoms with Gasteiger partial charge in [-0.2, -0.15) is 0 Å². The molecule has 18 heavy (non-hydrogen) atoms. The van der Waals surface area contributed by atoms with Gasteiger partial charge in [0, 0.05) is 36.4 Å². The first kappa shape index (κ1) is 12.9. The summed E-state index contributed by atoms with van der Waals surface area (Å²) in [5.41, 5.74) is 5.54. The van der Waals surface area contributed by atoms with E-state index in [0.717, 1.165) is 0 Å². The van der Waals surface area contributed by atoms with E-state index in [9.17, 15) is 18.9 Å². The first-order chi connectivity index (χ1) is 8.31. The third kappa shape index (κ3) is 1.86. The minimum atomic E-state index is -2.77. The van der Waals surface area contributed by atoms with Crippen molar-refractivity contribution in [2.75, 3.05) is 6.54 Å². The van der Waals surface area contributed by atoms with Crippen molar-refractivity contribution in [3.63, 3.8) is 0 Å². The maximum absolute atomic E-state index is 13.1. The van der Waals surface area contributed by atoms with Crippen molar-refractivity contribution in [2.24, 2.45) is 5.73 Å². The maximum atomic E-state index is 13.1. The summed E-state index contributed by atoms with van der Waals surface area (Å²) in [5.74, 6) is -2.77. The van der Waals surface area contributed by atoms with Crippen LogP contribution in [0.2, 0.25) is 0 Å². The minimum Gasteiger partial charge on any atom is -0.330 e. The number of rotatable bonds is 3. The highest BCUT2D eigenvalue weighted by Gasteiger charge is 2.58. The Morgan fingerprint density at radius 1 is 1.44 bits per heavy atom. The van der Waals surface area contributed by atoms with Gasteiger partial charge in [0.15, 0.2) is 0 Å². The van der Waals surface area contributed by atoms with Gasteiger partial charge in [-0.1, -0.05) is 12.1 Å². The van der Waals surface area contributed by atoms with Gasteiger partial charge in [-0.15, -0.1) is 0 Å². The summed E-state index contributed by atoms with van der Waals surface area (Å²) in [6, 6.07) is 4.59. The van der Waals surface area contributed by atoms with Crippen LogP contribution < -0.4 is 5.73 Å². The first-order valence-corrected chi connectivity index (χ1v) is 5.64. The molecule has 0 unspecified atom stereocenters. The van der Waals surface area contributed by atoms with Gasteiger partial charge in [0.2, 0.25) is 5.92 Å². The predicted molar refractivity (Wildman–Crippen MR) is 62.7 cm³/mol. The smallest absolute Gasteiger partial charge is 0.273 e. The standard InChI is InChI=1S/C12H14F2N2O2/c1-8-3-2-4-9(16(17)18)10(8)11(7-15)5-12(13,14)6-11/h2-4H,5-7,15H2,1H3. The van der Waals surface area contributed by atoms with E-state index in [1.807, 2.05) is 0 Å². The normalized spacial score (nSPS) is 20.2. The van der Waals surface area contributed by atoms with Crippen molar-refractivity contribution in [1.29, 1.82) is 0 Å². The lowest BCUT2D eigenvalue weighted by Gasteiger charge is -2.47. The third-order valence-electron chi connectivity index (χ3n) is 3.56. The Balaban J connectivity index is 2.53. The lowest BCUT2D eigenvalue weighted by atomic mass is 9.60. The largest absolute Gasteiger partial charge is 0.330 e. The van der Waals surface area contributed by atoms with Gasteiger partial charge in [-0.05, 0) is 12.5 Å². The van der Waals surface area contributed by atoms with Crippen molar-refractivity contribution in [2.45, 2.75) is 31.1 Å². The monoisotopic (exact) mass is 256 g/mol. The molecule has 0 spiro atoms. The molecule has 0 aromatic heterocycles. The van der Waals surface area contributed by atoms with Crippen LogP contribution in [0.25, 0.3) is 0 Å². The molecule has 0 heterocycles. The summed E-state index contributed by atoms with van der Waals surface area (Å²) in [5, 5.41) is 11.0. The topological polar surface area (TPSA) is 69.2 Å². The number of nitro benzene ring substituents is 1. The van der Waals surface area contributed by atoms with Crippen LogP contribution in [0.3, 0.4) is 0 Å². The zero-order chi connectivity index (χ0) is 13.6. The van der Waals surface area contributed by atoms with E-state index in [1.165, 1.54) is 6.07 Å². The lowest BCUT2D eigenvalue weighted by Crippen LogP contribution is -2.54. The Labute approximate surface area is 103 Å². The Bertz CT molecular complexity index is 495. The van der Waals surface area contributed by atoms with Crippen molar-refractivity contribution in [1.82, 2.24) is 0 Å². The zero-order valence-electron chi connectivity index (χ0n) is 9.95. The Kier molecular flexibility index (Phi) is 2.85. The van der Waals surface area contributed by atoms with Gasteiger partial charge >= 0.3 is 0 Å². The molecule has 98 valence electrons. The van der Waals surface area contributed by atoms with Gasteiger partial charge < -0.3 is 5.73 Å². The SMILES string of the molecule is Cc1cccc([N+](=O)[O-])c1C1(CN)CC(F)(F)C1. The highest BCUT2D eigenvalue weighted by molar-refractivity contribution is 5.52. The molecule has 0 radical (unpaired) electrons. The second kappa shape index (κ2) is 3.98. The van der Waals surface area contributed by atoms with Crippen molar-refractivity contribution in [3.05, 3.63) is 39.4 Å². The fourth-order valence-electron chi connectivity index (χ4n) is 2.86.